The number of methoxy groups -OCH3 is 1. The van der Waals surface area contributed by atoms with Crippen LogP contribution in [0.4, 0.5) is 0 Å². The van der Waals surface area contributed by atoms with Gasteiger partial charge in [-0.2, -0.15) is 0 Å². The zero-order valence-electron chi connectivity index (χ0n) is 15.2. The molecule has 0 aromatic carbocycles. The van der Waals surface area contributed by atoms with E-state index in [9.17, 15) is 14.4 Å². The topological polar surface area (TPSA) is 108 Å². The maximum Gasteiger partial charge on any atom is 0.312 e. The molecule has 1 aliphatic rings. The Balaban J connectivity index is 3.22. The predicted octanol–water partition coefficient (Wildman–Crippen LogP) is 0.995. The molecule has 0 radical (unpaired) electrons. The molecule has 0 aliphatic heterocycles. The molecule has 1 amide bonds. The molecule has 1 saturated carbocycles. The van der Waals surface area contributed by atoms with Crippen molar-refractivity contribution in [2.75, 3.05) is 7.11 Å². The van der Waals surface area contributed by atoms with Gasteiger partial charge in [-0.25, -0.2) is 0 Å². The van der Waals surface area contributed by atoms with Gasteiger partial charge < -0.3 is 20.5 Å². The molecule has 0 saturated heterocycles. The number of hydrogen-bond acceptors (Lipinski definition) is 6. The smallest absolute Gasteiger partial charge is 0.312 e. The number of hydrogen-bond donors (Lipinski definition) is 2. The largest absolute Gasteiger partial charge is 0.469 e. The second-order valence-electron chi connectivity index (χ2n) is 6.48. The zero-order chi connectivity index (χ0) is 18.4. The first-order valence-corrected chi connectivity index (χ1v) is 8.54. The molecule has 0 heterocycles. The van der Waals surface area contributed by atoms with Crippen molar-refractivity contribution in [3.8, 4) is 0 Å². The average molecular weight is 342 g/mol. The van der Waals surface area contributed by atoms with E-state index in [4.69, 9.17) is 15.2 Å². The third-order valence-electron chi connectivity index (χ3n) is 4.94. The van der Waals surface area contributed by atoms with Crippen molar-refractivity contribution in [1.82, 2.24) is 5.32 Å². The normalized spacial score (nSPS) is 27.6. The number of carbonyl (C=O) groups is 3. The van der Waals surface area contributed by atoms with E-state index in [0.29, 0.717) is 6.42 Å². The first kappa shape index (κ1) is 20.4. The van der Waals surface area contributed by atoms with E-state index < -0.39 is 24.0 Å². The summed E-state index contributed by atoms with van der Waals surface area (Å²) in [5, 5.41) is 2.97. The van der Waals surface area contributed by atoms with Crippen molar-refractivity contribution < 1.29 is 23.9 Å². The molecule has 0 unspecified atom stereocenters. The highest BCUT2D eigenvalue weighted by Crippen LogP contribution is 2.39. The van der Waals surface area contributed by atoms with Crippen LogP contribution in [0.15, 0.2) is 0 Å². The van der Waals surface area contributed by atoms with Gasteiger partial charge in [0.2, 0.25) is 5.91 Å². The summed E-state index contributed by atoms with van der Waals surface area (Å²) in [6.45, 7) is 6.85. The summed E-state index contributed by atoms with van der Waals surface area (Å²) in [7, 11) is 1.30. The Morgan fingerprint density at radius 1 is 1.21 bits per heavy atom. The second-order valence-corrected chi connectivity index (χ2v) is 6.48. The van der Waals surface area contributed by atoms with E-state index in [1.807, 2.05) is 13.8 Å². The predicted molar refractivity (Wildman–Crippen MR) is 88.8 cm³/mol. The summed E-state index contributed by atoms with van der Waals surface area (Å²) >= 11 is 0. The van der Waals surface area contributed by atoms with Gasteiger partial charge in [-0.05, 0) is 12.3 Å². The van der Waals surface area contributed by atoms with Crippen LogP contribution in [0.5, 0.6) is 0 Å². The monoisotopic (exact) mass is 342 g/mol. The maximum absolute atomic E-state index is 12.1. The van der Waals surface area contributed by atoms with Crippen LogP contribution in [0.2, 0.25) is 0 Å². The molecule has 3 N–H and O–H groups in total. The molecule has 7 nitrogen and oxygen atoms in total. The van der Waals surface area contributed by atoms with Crippen molar-refractivity contribution in [2.45, 2.75) is 65.1 Å². The molecule has 7 heteroatoms. The van der Waals surface area contributed by atoms with Crippen molar-refractivity contribution in [3.05, 3.63) is 0 Å². The Morgan fingerprint density at radius 3 is 2.21 bits per heavy atom. The van der Waals surface area contributed by atoms with Crippen molar-refractivity contribution in [3.63, 3.8) is 0 Å². The first-order chi connectivity index (χ1) is 11.3. The van der Waals surface area contributed by atoms with Gasteiger partial charge in [0.1, 0.15) is 6.10 Å². The Labute approximate surface area is 143 Å². The Morgan fingerprint density at radius 2 is 1.79 bits per heavy atom. The van der Waals surface area contributed by atoms with Gasteiger partial charge in [0.05, 0.1) is 13.0 Å². The van der Waals surface area contributed by atoms with E-state index in [1.165, 1.54) is 21.0 Å². The van der Waals surface area contributed by atoms with Crippen LogP contribution in [0.3, 0.4) is 0 Å². The molecular weight excluding hydrogens is 312 g/mol. The van der Waals surface area contributed by atoms with Gasteiger partial charge in [-0.15, -0.1) is 0 Å². The fraction of sp³-hybridized carbons (Fsp3) is 0.824. The number of ether oxygens (including phenoxy) is 2. The van der Waals surface area contributed by atoms with Crippen molar-refractivity contribution in [2.24, 2.45) is 23.5 Å². The Bertz CT molecular complexity index is 464. The number of rotatable bonds is 7. The lowest BCUT2D eigenvalue weighted by atomic mass is 9.80. The summed E-state index contributed by atoms with van der Waals surface area (Å²) in [5.74, 6) is -1.83. The molecule has 1 aliphatic carbocycles. The molecule has 0 bridgehead atoms. The van der Waals surface area contributed by atoms with E-state index in [0.717, 1.165) is 12.8 Å². The van der Waals surface area contributed by atoms with Crippen LogP contribution < -0.4 is 11.1 Å². The minimum Gasteiger partial charge on any atom is -0.469 e. The fourth-order valence-corrected chi connectivity index (χ4v) is 3.86. The van der Waals surface area contributed by atoms with Crippen LogP contribution in [0.1, 0.15) is 47.0 Å². The van der Waals surface area contributed by atoms with Gasteiger partial charge >= 0.3 is 11.9 Å². The van der Waals surface area contributed by atoms with Gasteiger partial charge in [-0.3, -0.25) is 14.4 Å². The highest BCUT2D eigenvalue weighted by atomic mass is 16.6. The lowest BCUT2D eigenvalue weighted by Gasteiger charge is -2.36. The molecule has 1 fully saturated rings. The standard InChI is InChI=1S/C17H30N2O5/c1-6-11(7-2)15(19-9(3)20)14-13(18)8-12(17(22)23-5)16(14)24-10(4)21/h11-16H,6-8,18H2,1-5H3,(H,19,20)/t12-,13+,14+,15+,16+/m0/s1. The molecule has 0 spiro atoms. The number of nitrogens with two attached hydrogens (primary N) is 1. The number of esters is 2. The van der Waals surface area contributed by atoms with Crippen LogP contribution in [0.25, 0.3) is 0 Å². The Kier molecular flexibility index (Phi) is 7.66. The van der Waals surface area contributed by atoms with E-state index in [-0.39, 0.29) is 29.8 Å². The summed E-state index contributed by atoms with van der Waals surface area (Å²) in [6.07, 6.45) is 1.37. The molecular formula is C17H30N2O5. The quantitative estimate of drug-likeness (QED) is 0.668. The van der Waals surface area contributed by atoms with Crippen LogP contribution in [-0.2, 0) is 23.9 Å². The summed E-state index contributed by atoms with van der Waals surface area (Å²) in [5.41, 5.74) is 6.30. The molecule has 0 aromatic heterocycles. The summed E-state index contributed by atoms with van der Waals surface area (Å²) in [4.78, 5) is 35.4. The molecule has 1 rings (SSSR count). The average Bonchev–Trinajstić information content (AvgIpc) is 2.82. The highest BCUT2D eigenvalue weighted by Gasteiger charge is 2.52. The molecule has 5 atom stereocenters. The van der Waals surface area contributed by atoms with E-state index in [1.54, 1.807) is 0 Å². The first-order valence-electron chi connectivity index (χ1n) is 8.54. The summed E-state index contributed by atoms with van der Waals surface area (Å²) in [6, 6.07) is -0.623. The van der Waals surface area contributed by atoms with Gasteiger partial charge in [0.15, 0.2) is 0 Å². The van der Waals surface area contributed by atoms with Gasteiger partial charge in [0, 0.05) is 31.8 Å². The minimum absolute atomic E-state index is 0.165. The molecule has 0 aromatic rings. The van der Waals surface area contributed by atoms with E-state index in [2.05, 4.69) is 5.32 Å². The zero-order valence-corrected chi connectivity index (χ0v) is 15.2. The lowest BCUT2D eigenvalue weighted by Crippen LogP contribution is -2.53. The highest BCUT2D eigenvalue weighted by molar-refractivity contribution is 5.75. The van der Waals surface area contributed by atoms with E-state index >= 15 is 0 Å². The van der Waals surface area contributed by atoms with Crippen molar-refractivity contribution >= 4 is 17.8 Å². The van der Waals surface area contributed by atoms with Crippen LogP contribution >= 0.6 is 0 Å². The van der Waals surface area contributed by atoms with Crippen LogP contribution in [-0.4, -0.2) is 43.1 Å². The maximum atomic E-state index is 12.1. The SMILES string of the molecule is CCC(CC)[C@@H](NC(C)=O)[C@@H]1[C@H](OC(C)=O)[C@@H](C(=O)OC)C[C@H]1N. The second kappa shape index (κ2) is 9.01. The minimum atomic E-state index is -0.692. The Hall–Kier alpha value is -1.63. The molecule has 24 heavy (non-hydrogen) atoms. The third kappa shape index (κ3) is 4.69. The van der Waals surface area contributed by atoms with Crippen molar-refractivity contribution in [1.29, 1.82) is 0 Å². The molecule has 138 valence electrons. The summed E-state index contributed by atoms with van der Waals surface area (Å²) < 4.78 is 10.3. The number of nitrogens with one attached hydrogen (secondary N) is 1. The number of carbonyl (C=O) groups excluding carboxylic acids is 3. The number of amides is 1. The fourth-order valence-electron chi connectivity index (χ4n) is 3.86. The van der Waals surface area contributed by atoms with Crippen LogP contribution in [0, 0.1) is 17.8 Å². The van der Waals surface area contributed by atoms with Gasteiger partial charge in [-0.1, -0.05) is 26.7 Å². The lowest BCUT2D eigenvalue weighted by molar-refractivity contribution is -0.159. The third-order valence-corrected chi connectivity index (χ3v) is 4.94. The van der Waals surface area contributed by atoms with Gasteiger partial charge in [0.25, 0.3) is 0 Å².